The fourth-order valence-electron chi connectivity index (χ4n) is 12.4. The fraction of sp³-hybridized carbons (Fsp3) is 0.938. The smallest absolute Gasteiger partial charge is 0.305 e. The summed E-state index contributed by atoms with van der Waals surface area (Å²) >= 11 is 0. The van der Waals surface area contributed by atoms with Crippen LogP contribution in [-0.4, -0.2) is 213 Å². The standard InChI is InChI=1S/C21H42O4.C19H38O4.C17H34O4.C15H30O4.C13H26O4.C11H22O4/c1-2-3-4-5-6-7-8-9-10-11-12-13-14-15-16-17-21(24)25-19-20(23)18-22;1-2-3-4-5-6-7-8-9-10-11-12-13-14-15-19(22)23-17-18(21)16-20;1-2-3-4-5-6-7-8-9-10-11-12-13-17(20)21-15-16(19)14-18;1-2-3-4-5-6-7-8-9-10-11-15(18)19-13-14(17)12-16;1-2-3-4-5-6-7-8-9-13(16)17-11-12(15)10-14;1-2-3-4-5-6-7-11(14)15-9-10(13)8-12/h20,22-23H,2-19H2,1H3;18,20-21H,2-17H2,1H3;16,18-19H,2-15H2,1H3;14,16-17H,2-13H2,1H3;12,14-15H,2-11H2,1H3;10,12-13H,2-9H2,1H3. The van der Waals surface area contributed by atoms with Crippen LogP contribution in [0.5, 0.6) is 0 Å². The highest BCUT2D eigenvalue weighted by molar-refractivity contribution is 5.71. The topological polar surface area (TPSA) is 401 Å². The number of ether oxygens (including phenoxy) is 6. The molecule has 0 saturated heterocycles. The fourth-order valence-corrected chi connectivity index (χ4v) is 12.4. The SMILES string of the molecule is CCCCCCCC(=O)OCC(O)CO.CCCCCCCCCC(=O)OCC(O)CO.CCCCCCCCCCCC(=O)OCC(O)CO.CCCCCCCCCCCCCC(=O)OCC(O)CO.CCCCCCCCCCCCCCCC(=O)OCC(O)CO.CCCCCCCCCCCCCCCCCC(=O)OCC(O)CO. The van der Waals surface area contributed by atoms with Gasteiger partial charge in [-0.1, -0.05) is 388 Å². The van der Waals surface area contributed by atoms with E-state index in [1.807, 2.05) is 0 Å². The van der Waals surface area contributed by atoms with Crippen LogP contribution in [0.2, 0.25) is 0 Å². The van der Waals surface area contributed by atoms with Gasteiger partial charge in [-0.25, -0.2) is 0 Å². The van der Waals surface area contributed by atoms with Crippen molar-refractivity contribution < 1.29 is 118 Å². The second-order valence-corrected chi connectivity index (χ2v) is 32.7. The molecule has 0 bridgehead atoms. The Morgan fingerprint density at radius 2 is 0.242 bits per heavy atom. The highest BCUT2D eigenvalue weighted by Gasteiger charge is 2.14. The summed E-state index contributed by atoms with van der Waals surface area (Å²) in [5.41, 5.74) is 0. The molecule has 120 heavy (non-hydrogen) atoms. The van der Waals surface area contributed by atoms with Crippen LogP contribution in [0.1, 0.15) is 465 Å². The first-order valence-corrected chi connectivity index (χ1v) is 48.9. The number of unbranched alkanes of at least 4 members (excludes halogenated alkanes) is 54. The van der Waals surface area contributed by atoms with Crippen LogP contribution in [0.4, 0.5) is 0 Å². The van der Waals surface area contributed by atoms with Crippen LogP contribution in [0.25, 0.3) is 0 Å². The van der Waals surface area contributed by atoms with E-state index < -0.39 is 36.6 Å². The molecule has 0 fully saturated rings. The van der Waals surface area contributed by atoms with Gasteiger partial charge in [-0.15, -0.1) is 0 Å². The van der Waals surface area contributed by atoms with Gasteiger partial charge in [-0.3, -0.25) is 28.8 Å². The first kappa shape index (κ1) is 127. The van der Waals surface area contributed by atoms with Gasteiger partial charge in [0, 0.05) is 38.5 Å². The zero-order valence-corrected chi connectivity index (χ0v) is 77.9. The Balaban J connectivity index is -0.000000327. The zero-order valence-electron chi connectivity index (χ0n) is 77.9. The number of carbonyl (C=O) groups excluding carboxylic acids is 6. The molecule has 24 heteroatoms. The molecule has 0 spiro atoms. The van der Waals surface area contributed by atoms with Crippen LogP contribution >= 0.6 is 0 Å². The number of carbonyl (C=O) groups is 6. The van der Waals surface area contributed by atoms with Crippen molar-refractivity contribution in [3.8, 4) is 0 Å². The summed E-state index contributed by atoms with van der Waals surface area (Å²) in [4.78, 5) is 67.6. The van der Waals surface area contributed by atoms with Crippen molar-refractivity contribution in [1.82, 2.24) is 0 Å². The highest BCUT2D eigenvalue weighted by atomic mass is 16.6. The first-order chi connectivity index (χ1) is 58.2. The summed E-state index contributed by atoms with van der Waals surface area (Å²) in [7, 11) is 0. The van der Waals surface area contributed by atoms with E-state index in [1.54, 1.807) is 0 Å². The maximum atomic E-state index is 11.4. The van der Waals surface area contributed by atoms with Crippen LogP contribution in [0.3, 0.4) is 0 Å². The first-order valence-electron chi connectivity index (χ1n) is 48.9. The summed E-state index contributed by atoms with van der Waals surface area (Å²) in [6, 6.07) is 0. The van der Waals surface area contributed by atoms with Gasteiger partial charge < -0.3 is 89.7 Å². The Morgan fingerprint density at radius 1 is 0.158 bits per heavy atom. The molecule has 0 saturated carbocycles. The number of hydrogen-bond acceptors (Lipinski definition) is 24. The third kappa shape index (κ3) is 121. The molecule has 0 amide bonds. The lowest BCUT2D eigenvalue weighted by Gasteiger charge is -2.08. The molecule has 6 unspecified atom stereocenters. The van der Waals surface area contributed by atoms with Gasteiger partial charge in [-0.05, 0) is 38.5 Å². The van der Waals surface area contributed by atoms with E-state index >= 15 is 0 Å². The van der Waals surface area contributed by atoms with Crippen molar-refractivity contribution in [1.29, 1.82) is 0 Å². The number of aliphatic hydroxyl groups excluding tert-OH is 12. The largest absolute Gasteiger partial charge is 0.463 e. The van der Waals surface area contributed by atoms with Gasteiger partial charge in [0.15, 0.2) is 0 Å². The van der Waals surface area contributed by atoms with Gasteiger partial charge in [0.1, 0.15) is 76.3 Å². The molecular formula is C96H192O24. The molecule has 0 aromatic rings. The molecule has 0 rings (SSSR count). The summed E-state index contributed by atoms with van der Waals surface area (Å²) in [5, 5.41) is 105. The predicted molar refractivity (Wildman–Crippen MR) is 483 cm³/mol. The van der Waals surface area contributed by atoms with Crippen molar-refractivity contribution in [3.05, 3.63) is 0 Å². The Kier molecular flexibility index (Phi) is 118. The summed E-state index contributed by atoms with van der Waals surface area (Å²) in [5.74, 6) is -1.69. The Morgan fingerprint density at radius 3 is 0.325 bits per heavy atom. The minimum atomic E-state index is -0.954. The lowest BCUT2D eigenvalue weighted by molar-refractivity contribution is -0.148. The second kappa shape index (κ2) is 111. The highest BCUT2D eigenvalue weighted by Crippen LogP contribution is 2.19. The molecule has 12 N–H and O–H groups in total. The average molecular weight is 1730 g/mol. The Labute approximate surface area is 732 Å². The van der Waals surface area contributed by atoms with Crippen LogP contribution in [0, 0.1) is 0 Å². The van der Waals surface area contributed by atoms with E-state index in [-0.39, 0.29) is 115 Å². The van der Waals surface area contributed by atoms with E-state index in [1.165, 1.54) is 302 Å². The molecule has 0 aliphatic heterocycles. The normalized spacial score (nSPS) is 12.3. The molecule has 0 aliphatic rings. The third-order valence-corrected chi connectivity index (χ3v) is 20.3. The lowest BCUT2D eigenvalue weighted by atomic mass is 10.0. The molecule has 0 aromatic heterocycles. The molecule has 6 atom stereocenters. The van der Waals surface area contributed by atoms with Gasteiger partial charge in [-0.2, -0.15) is 0 Å². The van der Waals surface area contributed by atoms with Crippen molar-refractivity contribution in [3.63, 3.8) is 0 Å². The van der Waals surface area contributed by atoms with Gasteiger partial charge in [0.25, 0.3) is 0 Å². The maximum absolute atomic E-state index is 11.4. The van der Waals surface area contributed by atoms with E-state index in [9.17, 15) is 28.8 Å². The van der Waals surface area contributed by atoms with E-state index in [0.29, 0.717) is 38.5 Å². The number of rotatable bonds is 84. The second-order valence-electron chi connectivity index (χ2n) is 32.7. The predicted octanol–water partition coefficient (Wildman–Crippen LogP) is 19.2. The van der Waals surface area contributed by atoms with Gasteiger partial charge in [0.2, 0.25) is 0 Å². The van der Waals surface area contributed by atoms with E-state index in [0.717, 1.165) is 83.5 Å². The molecule has 0 heterocycles. The van der Waals surface area contributed by atoms with Gasteiger partial charge >= 0.3 is 35.8 Å². The minimum Gasteiger partial charge on any atom is -0.463 e. The maximum Gasteiger partial charge on any atom is 0.305 e. The minimum absolute atomic E-state index is 0.103. The van der Waals surface area contributed by atoms with Crippen LogP contribution < -0.4 is 0 Å². The van der Waals surface area contributed by atoms with Crippen molar-refractivity contribution in [2.24, 2.45) is 0 Å². The van der Waals surface area contributed by atoms with E-state index in [2.05, 4.69) is 41.5 Å². The summed E-state index contributed by atoms with van der Waals surface area (Å²) in [6.07, 6.45) is 71.3. The monoisotopic (exact) mass is 1730 g/mol. The molecule has 24 nitrogen and oxygen atoms in total. The lowest BCUT2D eigenvalue weighted by Crippen LogP contribution is -2.21. The van der Waals surface area contributed by atoms with Crippen molar-refractivity contribution >= 4 is 35.8 Å². The Bertz CT molecular complexity index is 2020. The summed E-state index contributed by atoms with van der Waals surface area (Å²) < 4.78 is 28.9. The van der Waals surface area contributed by atoms with Crippen molar-refractivity contribution in [2.75, 3.05) is 79.3 Å². The van der Waals surface area contributed by atoms with Gasteiger partial charge in [0.05, 0.1) is 39.6 Å². The third-order valence-electron chi connectivity index (χ3n) is 20.3. The molecular weight excluding hydrogens is 1540 g/mol. The van der Waals surface area contributed by atoms with E-state index in [4.69, 9.17) is 89.7 Å². The Hall–Kier alpha value is -3.66. The molecule has 0 aliphatic carbocycles. The molecule has 0 radical (unpaired) electrons. The molecule has 720 valence electrons. The van der Waals surface area contributed by atoms with Crippen LogP contribution in [0.15, 0.2) is 0 Å². The molecule has 0 aromatic carbocycles. The number of hydrogen-bond donors (Lipinski definition) is 12. The average Bonchev–Trinajstić information content (AvgIpc) is 1.05. The quantitative estimate of drug-likeness (QED) is 0.0153. The number of esters is 6. The number of aliphatic hydroxyl groups is 12. The van der Waals surface area contributed by atoms with Crippen molar-refractivity contribution in [2.45, 2.75) is 502 Å². The van der Waals surface area contributed by atoms with Crippen LogP contribution in [-0.2, 0) is 57.2 Å². The zero-order chi connectivity index (χ0) is 90.3. The summed E-state index contributed by atoms with van der Waals surface area (Å²) in [6.45, 7) is 10.5.